The minimum atomic E-state index is 0.902. The second-order valence-corrected chi connectivity index (χ2v) is 8.93. The maximum atomic E-state index is 2.49. The molecule has 0 spiro atoms. The Bertz CT molecular complexity index is 361. The third-order valence-electron chi connectivity index (χ3n) is 6.95. The van der Waals surface area contributed by atoms with Crippen molar-refractivity contribution in [3.8, 4) is 0 Å². The molecule has 0 heteroatoms. The summed E-state index contributed by atoms with van der Waals surface area (Å²) in [5, 5.41) is 0. The van der Waals surface area contributed by atoms with Gasteiger partial charge < -0.3 is 0 Å². The van der Waals surface area contributed by atoms with E-state index in [4.69, 9.17) is 0 Å². The third kappa shape index (κ3) is 8.61. The van der Waals surface area contributed by atoms with E-state index >= 15 is 0 Å². The molecule has 2 aliphatic rings. The van der Waals surface area contributed by atoms with Gasteiger partial charge in [0.1, 0.15) is 0 Å². The zero-order chi connectivity index (χ0) is 17.7. The highest BCUT2D eigenvalue weighted by Crippen LogP contribution is 2.36. The van der Waals surface area contributed by atoms with Crippen molar-refractivity contribution in [2.75, 3.05) is 0 Å². The van der Waals surface area contributed by atoms with Crippen molar-refractivity contribution >= 4 is 0 Å². The number of unbranched alkanes of at least 4 members (excludes halogenated alkanes) is 1. The molecule has 0 saturated heterocycles. The molecule has 0 aromatic heterocycles. The summed E-state index contributed by atoms with van der Waals surface area (Å²) in [7, 11) is 0. The summed E-state index contributed by atoms with van der Waals surface area (Å²) in [5.41, 5.74) is 0. The van der Waals surface area contributed by atoms with Crippen LogP contribution in [0, 0.1) is 23.7 Å². The molecule has 0 bridgehead atoms. The number of hydrogen-bond acceptors (Lipinski definition) is 0. The van der Waals surface area contributed by atoms with Crippen LogP contribution in [0.3, 0.4) is 0 Å². The summed E-state index contributed by atoms with van der Waals surface area (Å²) in [5.74, 6) is 4.05. The molecule has 25 heavy (non-hydrogen) atoms. The van der Waals surface area contributed by atoms with Crippen LogP contribution in [0.25, 0.3) is 0 Å². The van der Waals surface area contributed by atoms with Crippen molar-refractivity contribution in [3.63, 3.8) is 0 Å². The molecule has 0 heterocycles. The maximum Gasteiger partial charge on any atom is -0.0233 e. The molecule has 2 fully saturated rings. The van der Waals surface area contributed by atoms with Gasteiger partial charge in [0.2, 0.25) is 0 Å². The lowest BCUT2D eigenvalue weighted by Crippen LogP contribution is -2.15. The number of allylic oxidation sites excluding steroid dienone is 4. The van der Waals surface area contributed by atoms with Gasteiger partial charge in [0.15, 0.2) is 0 Å². The monoisotopic (exact) mass is 344 g/mol. The summed E-state index contributed by atoms with van der Waals surface area (Å²) in [6, 6.07) is 0. The third-order valence-corrected chi connectivity index (χ3v) is 6.95. The van der Waals surface area contributed by atoms with Gasteiger partial charge in [-0.15, -0.1) is 0 Å². The van der Waals surface area contributed by atoms with E-state index < -0.39 is 0 Å². The van der Waals surface area contributed by atoms with Crippen LogP contribution in [0.1, 0.15) is 110 Å². The standard InChI is InChI=1S/C25H44/c1-3-5-7-11-23-18-20-25(21-19-23)13-9-8-12-24-16-14-22(15-17-24)10-6-4-2/h3,5-6,10,22-25H,4,7-9,11-21H2,1-2H3. The SMILES string of the molecule is CC=CCCC1CCC(CCCCC2CCC(C=CCC)CC2)CC1. The van der Waals surface area contributed by atoms with Crippen LogP contribution in [-0.2, 0) is 0 Å². The minimum absolute atomic E-state index is 0.902. The van der Waals surface area contributed by atoms with Gasteiger partial charge in [-0.05, 0) is 75.5 Å². The van der Waals surface area contributed by atoms with E-state index in [0.29, 0.717) is 0 Å². The molecule has 0 amide bonds. The van der Waals surface area contributed by atoms with Crippen LogP contribution in [0.4, 0.5) is 0 Å². The van der Waals surface area contributed by atoms with Crippen LogP contribution in [0.5, 0.6) is 0 Å². The Morgan fingerprint density at radius 3 is 1.72 bits per heavy atom. The molecule has 2 rings (SSSR count). The fraction of sp³-hybridized carbons (Fsp3) is 0.840. The minimum Gasteiger partial charge on any atom is -0.0917 e. The lowest BCUT2D eigenvalue weighted by atomic mass is 9.77. The molecule has 0 aliphatic heterocycles. The Morgan fingerprint density at radius 1 is 0.680 bits per heavy atom. The van der Waals surface area contributed by atoms with Gasteiger partial charge in [-0.1, -0.05) is 82.6 Å². The van der Waals surface area contributed by atoms with Gasteiger partial charge in [-0.2, -0.15) is 0 Å². The van der Waals surface area contributed by atoms with Crippen molar-refractivity contribution in [1.29, 1.82) is 0 Å². The summed E-state index contributed by atoms with van der Waals surface area (Å²) < 4.78 is 0. The van der Waals surface area contributed by atoms with Crippen LogP contribution < -0.4 is 0 Å². The summed E-state index contributed by atoms with van der Waals surface area (Å²) in [4.78, 5) is 0. The van der Waals surface area contributed by atoms with E-state index in [0.717, 1.165) is 23.7 Å². The Hall–Kier alpha value is -0.520. The van der Waals surface area contributed by atoms with Crippen LogP contribution in [0.2, 0.25) is 0 Å². The zero-order valence-corrected chi connectivity index (χ0v) is 17.2. The fourth-order valence-corrected chi connectivity index (χ4v) is 5.17. The first-order valence-corrected chi connectivity index (χ1v) is 11.6. The first kappa shape index (κ1) is 20.8. The van der Waals surface area contributed by atoms with E-state index in [1.54, 1.807) is 0 Å². The van der Waals surface area contributed by atoms with Crippen LogP contribution in [-0.4, -0.2) is 0 Å². The average molecular weight is 345 g/mol. The molecule has 0 nitrogen and oxygen atoms in total. The Morgan fingerprint density at radius 2 is 1.20 bits per heavy atom. The second-order valence-electron chi connectivity index (χ2n) is 8.93. The van der Waals surface area contributed by atoms with Crippen molar-refractivity contribution in [2.24, 2.45) is 23.7 Å². The molecule has 0 aromatic rings. The van der Waals surface area contributed by atoms with Crippen LogP contribution >= 0.6 is 0 Å². The molecular weight excluding hydrogens is 300 g/mol. The molecule has 0 radical (unpaired) electrons. The van der Waals surface area contributed by atoms with Crippen molar-refractivity contribution in [1.82, 2.24) is 0 Å². The Balaban J connectivity index is 1.47. The van der Waals surface area contributed by atoms with Crippen LogP contribution in [0.15, 0.2) is 24.3 Å². The van der Waals surface area contributed by atoms with Crippen molar-refractivity contribution < 1.29 is 0 Å². The lowest BCUT2D eigenvalue weighted by molar-refractivity contribution is 0.243. The van der Waals surface area contributed by atoms with Gasteiger partial charge in [-0.3, -0.25) is 0 Å². The molecule has 2 saturated carbocycles. The molecule has 0 aromatic carbocycles. The largest absolute Gasteiger partial charge is 0.0917 e. The van der Waals surface area contributed by atoms with E-state index in [-0.39, 0.29) is 0 Å². The predicted molar refractivity (Wildman–Crippen MR) is 113 cm³/mol. The smallest absolute Gasteiger partial charge is 0.0233 e. The van der Waals surface area contributed by atoms with E-state index in [1.165, 1.54) is 96.3 Å². The van der Waals surface area contributed by atoms with Gasteiger partial charge in [-0.25, -0.2) is 0 Å². The molecule has 144 valence electrons. The molecule has 0 unspecified atom stereocenters. The maximum absolute atomic E-state index is 2.49. The van der Waals surface area contributed by atoms with Gasteiger partial charge in [0, 0.05) is 0 Å². The first-order valence-electron chi connectivity index (χ1n) is 11.6. The van der Waals surface area contributed by atoms with E-state index in [9.17, 15) is 0 Å². The summed E-state index contributed by atoms with van der Waals surface area (Å²) >= 11 is 0. The number of rotatable bonds is 10. The van der Waals surface area contributed by atoms with E-state index in [2.05, 4.69) is 38.2 Å². The molecule has 0 N–H and O–H groups in total. The Labute approximate surface area is 158 Å². The van der Waals surface area contributed by atoms with Crippen molar-refractivity contribution in [2.45, 2.75) is 110 Å². The normalized spacial score (nSPS) is 31.1. The zero-order valence-electron chi connectivity index (χ0n) is 17.2. The second kappa shape index (κ2) is 12.8. The lowest BCUT2D eigenvalue weighted by Gasteiger charge is -2.29. The molecule has 0 atom stereocenters. The fourth-order valence-electron chi connectivity index (χ4n) is 5.17. The van der Waals surface area contributed by atoms with E-state index in [1.807, 2.05) is 0 Å². The highest BCUT2D eigenvalue weighted by Gasteiger charge is 2.21. The van der Waals surface area contributed by atoms with Gasteiger partial charge >= 0.3 is 0 Å². The highest BCUT2D eigenvalue weighted by molar-refractivity contribution is 4.90. The molecular formula is C25H44. The van der Waals surface area contributed by atoms with Gasteiger partial charge in [0.25, 0.3) is 0 Å². The first-order chi connectivity index (χ1) is 12.3. The van der Waals surface area contributed by atoms with Crippen molar-refractivity contribution in [3.05, 3.63) is 24.3 Å². The highest BCUT2D eigenvalue weighted by atomic mass is 14.3. The number of hydrogen-bond donors (Lipinski definition) is 0. The summed E-state index contributed by atoms with van der Waals surface area (Å²) in [6.07, 6.45) is 31.4. The summed E-state index contributed by atoms with van der Waals surface area (Å²) in [6.45, 7) is 4.39. The predicted octanol–water partition coefficient (Wildman–Crippen LogP) is 8.48. The average Bonchev–Trinajstić information content (AvgIpc) is 2.66. The molecule has 2 aliphatic carbocycles. The quantitative estimate of drug-likeness (QED) is 0.275. The Kier molecular flexibility index (Phi) is 10.6. The topological polar surface area (TPSA) is 0 Å². The van der Waals surface area contributed by atoms with Gasteiger partial charge in [0.05, 0.1) is 0 Å².